The number of H-pyrrole nitrogens is 1. The fraction of sp³-hybridized carbons (Fsp3) is 0.150. The first kappa shape index (κ1) is 17.7. The molecule has 0 unspecified atom stereocenters. The number of anilines is 3. The van der Waals surface area contributed by atoms with Gasteiger partial charge in [0.15, 0.2) is 17.4 Å². The van der Waals surface area contributed by atoms with Crippen LogP contribution >= 0.6 is 0 Å². The Hall–Kier alpha value is -3.65. The summed E-state index contributed by atoms with van der Waals surface area (Å²) < 4.78 is 5.25. The molecule has 0 aliphatic rings. The molecule has 0 aliphatic carbocycles. The van der Waals surface area contributed by atoms with E-state index in [-0.39, 0.29) is 6.61 Å². The van der Waals surface area contributed by atoms with Gasteiger partial charge in [-0.1, -0.05) is 12.1 Å². The van der Waals surface area contributed by atoms with E-state index >= 15 is 0 Å². The largest absolute Gasteiger partial charge is 0.491 e. The van der Waals surface area contributed by atoms with E-state index in [9.17, 15) is 0 Å². The molecule has 0 amide bonds. The topological polar surface area (TPSA) is 108 Å². The number of imidazole rings is 1. The van der Waals surface area contributed by atoms with E-state index in [1.54, 1.807) is 13.3 Å². The fourth-order valence-corrected chi connectivity index (χ4v) is 2.81. The van der Waals surface area contributed by atoms with Crippen LogP contribution in [0, 0.1) is 0 Å². The number of ether oxygens (including phenoxy) is 1. The molecule has 0 saturated carbocycles. The number of hydrogen-bond acceptors (Lipinski definition) is 7. The summed E-state index contributed by atoms with van der Waals surface area (Å²) in [5.41, 5.74) is 3.66. The Bertz CT molecular complexity index is 1040. The van der Waals surface area contributed by atoms with Crippen molar-refractivity contribution >= 4 is 28.5 Å². The molecule has 4 N–H and O–H groups in total. The normalized spacial score (nSPS) is 10.8. The summed E-state index contributed by atoms with van der Waals surface area (Å²) in [6.45, 7) is 0.387. The maximum atomic E-state index is 9.01. The summed E-state index contributed by atoms with van der Waals surface area (Å²) in [6, 6.07) is 15.6. The highest BCUT2D eigenvalue weighted by Crippen LogP contribution is 2.26. The molecule has 2 aromatic carbocycles. The van der Waals surface area contributed by atoms with E-state index < -0.39 is 0 Å². The van der Waals surface area contributed by atoms with Crippen molar-refractivity contribution in [3.8, 4) is 17.1 Å². The number of nitrogens with one attached hydrogen (secondary N) is 3. The van der Waals surface area contributed by atoms with E-state index in [0.29, 0.717) is 29.9 Å². The predicted octanol–water partition coefficient (Wildman–Crippen LogP) is 3.18. The van der Waals surface area contributed by atoms with Crippen molar-refractivity contribution in [2.24, 2.45) is 0 Å². The Morgan fingerprint density at radius 2 is 1.89 bits per heavy atom. The second-order valence-electron chi connectivity index (χ2n) is 6.07. The van der Waals surface area contributed by atoms with E-state index in [1.807, 2.05) is 48.5 Å². The highest BCUT2D eigenvalue weighted by Gasteiger charge is 2.09. The monoisotopic (exact) mass is 376 g/mol. The Labute approximate surface area is 161 Å². The van der Waals surface area contributed by atoms with Gasteiger partial charge in [-0.05, 0) is 36.4 Å². The number of benzene rings is 2. The van der Waals surface area contributed by atoms with Gasteiger partial charge in [0.1, 0.15) is 0 Å². The minimum atomic E-state index is 0.00461. The van der Waals surface area contributed by atoms with Crippen LogP contribution in [0.2, 0.25) is 0 Å². The third-order valence-electron chi connectivity index (χ3n) is 4.17. The third-order valence-corrected chi connectivity index (χ3v) is 4.17. The lowest BCUT2D eigenvalue weighted by molar-refractivity contribution is 0.310. The molecule has 4 aromatic rings. The van der Waals surface area contributed by atoms with Crippen molar-refractivity contribution < 1.29 is 9.84 Å². The van der Waals surface area contributed by atoms with Crippen LogP contribution in [-0.4, -0.2) is 45.3 Å². The highest BCUT2D eigenvalue weighted by atomic mass is 16.5. The Morgan fingerprint density at radius 3 is 2.64 bits per heavy atom. The second-order valence-corrected chi connectivity index (χ2v) is 6.07. The lowest BCUT2D eigenvalue weighted by Gasteiger charge is -2.10. The molecule has 8 nitrogen and oxygen atoms in total. The van der Waals surface area contributed by atoms with Crippen molar-refractivity contribution in [1.29, 1.82) is 0 Å². The minimum Gasteiger partial charge on any atom is -0.491 e. The number of fused-ring (bicyclic) bond motifs is 1. The number of aromatic amines is 1. The van der Waals surface area contributed by atoms with E-state index in [2.05, 4.69) is 30.6 Å². The average Bonchev–Trinajstić information content (AvgIpc) is 3.15. The first-order valence-corrected chi connectivity index (χ1v) is 8.85. The molecule has 0 saturated heterocycles. The average molecular weight is 376 g/mol. The van der Waals surface area contributed by atoms with E-state index in [4.69, 9.17) is 9.84 Å². The van der Waals surface area contributed by atoms with Crippen LogP contribution < -0.4 is 15.4 Å². The summed E-state index contributed by atoms with van der Waals surface area (Å²) in [5, 5.41) is 15.3. The summed E-state index contributed by atoms with van der Waals surface area (Å²) in [6.07, 6.45) is 1.61. The number of hydrogen-bond donors (Lipinski definition) is 4. The zero-order valence-corrected chi connectivity index (χ0v) is 15.3. The van der Waals surface area contributed by atoms with Gasteiger partial charge in [-0.2, -0.15) is 0 Å². The molecule has 0 radical (unpaired) electrons. The van der Waals surface area contributed by atoms with Gasteiger partial charge in [-0.25, -0.2) is 15.0 Å². The second kappa shape index (κ2) is 7.93. The summed E-state index contributed by atoms with van der Waals surface area (Å²) in [4.78, 5) is 16.6. The molecular formula is C20H20N6O2. The number of para-hydroxylation sites is 2. The minimum absolute atomic E-state index is 0.00461. The third kappa shape index (κ3) is 3.72. The van der Waals surface area contributed by atoms with Gasteiger partial charge in [-0.3, -0.25) is 0 Å². The molecule has 142 valence electrons. The van der Waals surface area contributed by atoms with Gasteiger partial charge in [0.05, 0.1) is 30.9 Å². The maximum absolute atomic E-state index is 9.01. The van der Waals surface area contributed by atoms with Crippen molar-refractivity contribution in [2.45, 2.75) is 0 Å². The van der Waals surface area contributed by atoms with Gasteiger partial charge >= 0.3 is 0 Å². The first-order chi connectivity index (χ1) is 13.8. The first-order valence-electron chi connectivity index (χ1n) is 8.85. The Balaban J connectivity index is 1.54. The zero-order chi connectivity index (χ0) is 19.3. The number of aliphatic hydroxyl groups excluding tert-OH is 1. The van der Waals surface area contributed by atoms with Gasteiger partial charge < -0.3 is 25.5 Å². The van der Waals surface area contributed by atoms with Gasteiger partial charge in [0.25, 0.3) is 0 Å². The van der Waals surface area contributed by atoms with Crippen LogP contribution in [0.5, 0.6) is 5.75 Å². The Kier molecular flexibility index (Phi) is 5.03. The number of aliphatic hydroxyl groups is 1. The number of rotatable bonds is 7. The molecule has 4 rings (SSSR count). The lowest BCUT2D eigenvalue weighted by atomic mass is 10.2. The number of nitrogens with zero attached hydrogens (tertiary/aromatic N) is 3. The molecule has 0 fully saturated rings. The maximum Gasteiger partial charge on any atom is 0.205 e. The van der Waals surface area contributed by atoms with E-state index in [1.165, 1.54) is 0 Å². The van der Waals surface area contributed by atoms with Crippen molar-refractivity contribution in [1.82, 2.24) is 19.9 Å². The van der Waals surface area contributed by atoms with Crippen LogP contribution in [0.3, 0.4) is 0 Å². The van der Waals surface area contributed by atoms with Crippen LogP contribution in [0.1, 0.15) is 0 Å². The summed E-state index contributed by atoms with van der Waals surface area (Å²) in [5.74, 6) is 2.33. The van der Waals surface area contributed by atoms with Crippen LogP contribution in [0.15, 0.2) is 54.7 Å². The molecular weight excluding hydrogens is 356 g/mol. The SMILES string of the molecule is COc1cnc(-c2ccc(Nc3nc4ccccc4[nH]3)cc2)nc1NCCO. The van der Waals surface area contributed by atoms with Crippen LogP contribution in [-0.2, 0) is 0 Å². The van der Waals surface area contributed by atoms with Gasteiger partial charge in [-0.15, -0.1) is 0 Å². The molecule has 0 bridgehead atoms. The standard InChI is InChI=1S/C20H20N6O2/c1-28-17-12-22-18(26-19(17)21-10-11-27)13-6-8-14(9-7-13)23-20-24-15-4-2-3-5-16(15)25-20/h2-9,12,27H,10-11H2,1H3,(H,21,22,26)(H2,23,24,25). The quantitative estimate of drug-likeness (QED) is 0.392. The van der Waals surface area contributed by atoms with Crippen molar-refractivity contribution in [3.63, 3.8) is 0 Å². The molecule has 28 heavy (non-hydrogen) atoms. The number of aromatic nitrogens is 4. The molecule has 0 atom stereocenters. The molecule has 0 aliphatic heterocycles. The number of methoxy groups -OCH3 is 1. The summed E-state index contributed by atoms with van der Waals surface area (Å²) >= 11 is 0. The molecule has 0 spiro atoms. The fourth-order valence-electron chi connectivity index (χ4n) is 2.81. The van der Waals surface area contributed by atoms with Crippen molar-refractivity contribution in [3.05, 3.63) is 54.7 Å². The van der Waals surface area contributed by atoms with Gasteiger partial charge in [0.2, 0.25) is 5.95 Å². The summed E-state index contributed by atoms with van der Waals surface area (Å²) in [7, 11) is 1.56. The van der Waals surface area contributed by atoms with Crippen molar-refractivity contribution in [2.75, 3.05) is 30.9 Å². The van der Waals surface area contributed by atoms with E-state index in [0.717, 1.165) is 22.3 Å². The van der Waals surface area contributed by atoms with Crippen LogP contribution in [0.25, 0.3) is 22.4 Å². The van der Waals surface area contributed by atoms with Gasteiger partial charge in [0, 0.05) is 17.8 Å². The Morgan fingerprint density at radius 1 is 1.07 bits per heavy atom. The highest BCUT2D eigenvalue weighted by molar-refractivity contribution is 5.78. The smallest absolute Gasteiger partial charge is 0.205 e. The predicted molar refractivity (Wildman–Crippen MR) is 109 cm³/mol. The zero-order valence-electron chi connectivity index (χ0n) is 15.3. The molecule has 2 aromatic heterocycles. The van der Waals surface area contributed by atoms with Crippen LogP contribution in [0.4, 0.5) is 17.5 Å². The molecule has 2 heterocycles. The molecule has 8 heteroatoms. The lowest BCUT2D eigenvalue weighted by Crippen LogP contribution is -2.09.